The second-order valence-corrected chi connectivity index (χ2v) is 1.76. The first kappa shape index (κ1) is 7.43. The van der Waals surface area contributed by atoms with Gasteiger partial charge >= 0.3 is 5.97 Å². The summed E-state index contributed by atoms with van der Waals surface area (Å²) >= 11 is 0. The van der Waals surface area contributed by atoms with Gasteiger partial charge in [-0.25, -0.2) is 0 Å². The van der Waals surface area contributed by atoms with Crippen LogP contribution in [-0.4, -0.2) is 19.1 Å². The zero-order chi connectivity index (χ0) is 6.57. The minimum atomic E-state index is -0.250. The van der Waals surface area contributed by atoms with E-state index in [-0.39, 0.29) is 12.0 Å². The third-order valence-corrected chi connectivity index (χ3v) is 0.716. The molecule has 0 aromatic heterocycles. The van der Waals surface area contributed by atoms with Crippen LogP contribution in [0.2, 0.25) is 0 Å². The second kappa shape index (κ2) is 3.43. The van der Waals surface area contributed by atoms with Crippen LogP contribution in [0.5, 0.6) is 0 Å². The van der Waals surface area contributed by atoms with Crippen LogP contribution in [0.4, 0.5) is 0 Å². The predicted molar refractivity (Wildman–Crippen MR) is 30.3 cm³/mol. The molecule has 8 heavy (non-hydrogen) atoms. The zero-order valence-electron chi connectivity index (χ0n) is 5.18. The quantitative estimate of drug-likeness (QED) is 0.514. The van der Waals surface area contributed by atoms with Crippen LogP contribution in [0.3, 0.4) is 0 Å². The highest BCUT2D eigenvalue weighted by atomic mass is 16.5. The Morgan fingerprint density at radius 2 is 2.38 bits per heavy atom. The Morgan fingerprint density at radius 1 is 1.88 bits per heavy atom. The summed E-state index contributed by atoms with van der Waals surface area (Å²) < 4.78 is 4.34. The van der Waals surface area contributed by atoms with Gasteiger partial charge in [0.15, 0.2) is 0 Å². The SMILES string of the molecule is COC(=O)C[C@H](C)N. The van der Waals surface area contributed by atoms with Crippen molar-refractivity contribution in [3.63, 3.8) is 0 Å². The van der Waals surface area contributed by atoms with Gasteiger partial charge in [-0.3, -0.25) is 4.79 Å². The summed E-state index contributed by atoms with van der Waals surface area (Å²) in [6.45, 7) is 1.76. The summed E-state index contributed by atoms with van der Waals surface area (Å²) in [5.74, 6) is -0.250. The summed E-state index contributed by atoms with van der Waals surface area (Å²) in [7, 11) is 1.35. The van der Waals surface area contributed by atoms with Crippen LogP contribution in [0.15, 0.2) is 0 Å². The van der Waals surface area contributed by atoms with Crippen molar-refractivity contribution in [2.45, 2.75) is 19.4 Å². The molecule has 0 bridgehead atoms. The molecule has 0 heterocycles. The Kier molecular flexibility index (Phi) is 3.19. The number of rotatable bonds is 2. The molecule has 0 radical (unpaired) electrons. The molecule has 0 aliphatic heterocycles. The van der Waals surface area contributed by atoms with E-state index in [1.807, 2.05) is 0 Å². The van der Waals surface area contributed by atoms with E-state index in [1.54, 1.807) is 6.92 Å². The van der Waals surface area contributed by atoms with E-state index in [9.17, 15) is 4.79 Å². The van der Waals surface area contributed by atoms with E-state index in [0.29, 0.717) is 6.42 Å². The largest absolute Gasteiger partial charge is 0.469 e. The van der Waals surface area contributed by atoms with Crippen molar-refractivity contribution in [3.05, 3.63) is 0 Å². The van der Waals surface area contributed by atoms with Crippen LogP contribution in [0.1, 0.15) is 13.3 Å². The van der Waals surface area contributed by atoms with Crippen molar-refractivity contribution in [2.75, 3.05) is 7.11 Å². The van der Waals surface area contributed by atoms with Gasteiger partial charge in [0.2, 0.25) is 0 Å². The summed E-state index contributed by atoms with van der Waals surface area (Å²) in [4.78, 5) is 10.3. The van der Waals surface area contributed by atoms with Gasteiger partial charge in [0.25, 0.3) is 0 Å². The number of esters is 1. The number of carbonyl (C=O) groups is 1. The zero-order valence-corrected chi connectivity index (χ0v) is 5.18. The normalized spacial score (nSPS) is 12.9. The Bertz CT molecular complexity index is 80.5. The summed E-state index contributed by atoms with van der Waals surface area (Å²) in [6.07, 6.45) is 0.302. The molecular weight excluding hydrogens is 106 g/mol. The first-order chi connectivity index (χ1) is 3.66. The van der Waals surface area contributed by atoms with Crippen LogP contribution in [0.25, 0.3) is 0 Å². The third kappa shape index (κ3) is 3.61. The molecule has 3 nitrogen and oxygen atoms in total. The van der Waals surface area contributed by atoms with Gasteiger partial charge in [-0.05, 0) is 6.92 Å². The van der Waals surface area contributed by atoms with Crippen molar-refractivity contribution in [2.24, 2.45) is 5.73 Å². The summed E-state index contributed by atoms with van der Waals surface area (Å²) in [6, 6.07) is -0.0950. The first-order valence-corrected chi connectivity index (χ1v) is 2.49. The number of methoxy groups -OCH3 is 1. The molecule has 0 unspecified atom stereocenters. The molecule has 0 aromatic carbocycles. The molecule has 3 heteroatoms. The summed E-state index contributed by atoms with van der Waals surface area (Å²) in [5, 5.41) is 0. The van der Waals surface area contributed by atoms with Crippen molar-refractivity contribution >= 4 is 5.97 Å². The molecule has 0 aliphatic carbocycles. The lowest BCUT2D eigenvalue weighted by molar-refractivity contribution is -0.140. The molecule has 2 N–H and O–H groups in total. The highest BCUT2D eigenvalue weighted by Gasteiger charge is 2.01. The molecule has 0 spiro atoms. The van der Waals surface area contributed by atoms with E-state index >= 15 is 0 Å². The molecule has 0 aromatic rings. The van der Waals surface area contributed by atoms with Gasteiger partial charge in [-0.15, -0.1) is 0 Å². The number of nitrogens with two attached hydrogens (primary N) is 1. The fourth-order valence-corrected chi connectivity index (χ4v) is 0.346. The summed E-state index contributed by atoms with van der Waals surface area (Å²) in [5.41, 5.74) is 5.27. The van der Waals surface area contributed by atoms with Gasteiger partial charge in [0, 0.05) is 6.04 Å². The lowest BCUT2D eigenvalue weighted by Crippen LogP contribution is -2.20. The van der Waals surface area contributed by atoms with Crippen molar-refractivity contribution in [1.82, 2.24) is 0 Å². The van der Waals surface area contributed by atoms with Gasteiger partial charge < -0.3 is 10.5 Å². The molecular formula is C5H11NO2. The maximum absolute atomic E-state index is 10.3. The maximum Gasteiger partial charge on any atom is 0.307 e. The third-order valence-electron chi connectivity index (χ3n) is 0.716. The Balaban J connectivity index is 3.25. The monoisotopic (exact) mass is 117 g/mol. The van der Waals surface area contributed by atoms with Crippen LogP contribution < -0.4 is 5.73 Å². The van der Waals surface area contributed by atoms with Crippen molar-refractivity contribution < 1.29 is 9.53 Å². The number of ether oxygens (including phenoxy) is 1. The number of hydrogen-bond acceptors (Lipinski definition) is 3. The van der Waals surface area contributed by atoms with Crippen molar-refractivity contribution in [1.29, 1.82) is 0 Å². The van der Waals surface area contributed by atoms with Gasteiger partial charge in [-0.1, -0.05) is 0 Å². The topological polar surface area (TPSA) is 52.3 Å². The van der Waals surface area contributed by atoms with E-state index in [1.165, 1.54) is 7.11 Å². The number of hydrogen-bond donors (Lipinski definition) is 1. The van der Waals surface area contributed by atoms with Crippen LogP contribution >= 0.6 is 0 Å². The van der Waals surface area contributed by atoms with Gasteiger partial charge in [-0.2, -0.15) is 0 Å². The maximum atomic E-state index is 10.3. The van der Waals surface area contributed by atoms with E-state index in [0.717, 1.165) is 0 Å². The van der Waals surface area contributed by atoms with Crippen LogP contribution in [-0.2, 0) is 9.53 Å². The fraction of sp³-hybridized carbons (Fsp3) is 0.800. The lowest BCUT2D eigenvalue weighted by Gasteiger charge is -2.00. The smallest absolute Gasteiger partial charge is 0.307 e. The highest BCUT2D eigenvalue weighted by molar-refractivity contribution is 5.69. The first-order valence-electron chi connectivity index (χ1n) is 2.49. The minimum Gasteiger partial charge on any atom is -0.469 e. The van der Waals surface area contributed by atoms with Gasteiger partial charge in [0.05, 0.1) is 13.5 Å². The Hall–Kier alpha value is -0.570. The number of carbonyl (C=O) groups excluding carboxylic acids is 1. The van der Waals surface area contributed by atoms with E-state index < -0.39 is 0 Å². The molecule has 48 valence electrons. The highest BCUT2D eigenvalue weighted by Crippen LogP contribution is 1.86. The molecule has 0 saturated heterocycles. The molecule has 0 aliphatic rings. The Morgan fingerprint density at radius 3 is 2.50 bits per heavy atom. The standard InChI is InChI=1S/C5H11NO2/c1-4(6)3-5(7)8-2/h4H,3,6H2,1-2H3/t4-/m0/s1. The van der Waals surface area contributed by atoms with Crippen LogP contribution in [0, 0.1) is 0 Å². The molecule has 0 fully saturated rings. The molecule has 0 rings (SSSR count). The average molecular weight is 117 g/mol. The molecule has 0 amide bonds. The molecule has 0 saturated carbocycles. The predicted octanol–water partition coefficient (Wildman–Crippen LogP) is -0.103. The van der Waals surface area contributed by atoms with Crippen molar-refractivity contribution in [3.8, 4) is 0 Å². The molecule has 1 atom stereocenters. The van der Waals surface area contributed by atoms with E-state index in [4.69, 9.17) is 5.73 Å². The Labute approximate surface area is 48.8 Å². The lowest BCUT2D eigenvalue weighted by atomic mass is 10.3. The fourth-order valence-electron chi connectivity index (χ4n) is 0.346. The minimum absolute atomic E-state index is 0.0950. The average Bonchev–Trinajstić information content (AvgIpc) is 1.65. The van der Waals surface area contributed by atoms with Gasteiger partial charge in [0.1, 0.15) is 0 Å². The van der Waals surface area contributed by atoms with E-state index in [2.05, 4.69) is 4.74 Å². The second-order valence-electron chi connectivity index (χ2n) is 1.76.